The Kier molecular flexibility index (Phi) is 7.14. The molecule has 0 aliphatic carbocycles. The van der Waals surface area contributed by atoms with E-state index in [-0.39, 0.29) is 17.7 Å². The molecule has 1 fully saturated rings. The Morgan fingerprint density at radius 1 is 1.16 bits per heavy atom. The maximum Gasteiger partial charge on any atom is 0.246 e. The van der Waals surface area contributed by atoms with E-state index in [1.54, 1.807) is 42.7 Å². The van der Waals surface area contributed by atoms with Gasteiger partial charge in [-0.15, -0.1) is 0 Å². The summed E-state index contributed by atoms with van der Waals surface area (Å²) in [5.74, 6) is 1.69. The molecular formula is C31H30FN9O3. The number of benzene rings is 1. The molecule has 0 spiro atoms. The summed E-state index contributed by atoms with van der Waals surface area (Å²) in [4.78, 5) is 36.9. The van der Waals surface area contributed by atoms with Crippen molar-refractivity contribution in [3.8, 4) is 17.2 Å². The van der Waals surface area contributed by atoms with Crippen molar-refractivity contribution in [2.45, 2.75) is 6.04 Å². The highest BCUT2D eigenvalue weighted by Gasteiger charge is 2.35. The Bertz CT molecular complexity index is 1890. The Hall–Kier alpha value is -5.30. The number of amides is 1. The summed E-state index contributed by atoms with van der Waals surface area (Å²) in [6.07, 6.45) is 10.2. The number of likely N-dealkylation sites (N-methyl/N-ethyl adjacent to an activating group) is 1. The Balaban J connectivity index is 1.10. The number of imidazole rings is 1. The first-order valence-electron chi connectivity index (χ1n) is 14.2. The predicted octanol–water partition coefficient (Wildman–Crippen LogP) is 3.87. The largest absolute Gasteiger partial charge is 0.487 e. The highest BCUT2D eigenvalue weighted by atomic mass is 19.1. The molecule has 44 heavy (non-hydrogen) atoms. The fourth-order valence-corrected chi connectivity index (χ4v) is 5.39. The zero-order chi connectivity index (χ0) is 30.2. The summed E-state index contributed by atoms with van der Waals surface area (Å²) >= 11 is 0. The fraction of sp³-hybridized carbons (Fsp3) is 0.258. The summed E-state index contributed by atoms with van der Waals surface area (Å²) in [5.41, 5.74) is 2.27. The van der Waals surface area contributed by atoms with Crippen LogP contribution < -0.4 is 19.7 Å². The second-order valence-electron chi connectivity index (χ2n) is 10.9. The third kappa shape index (κ3) is 5.44. The van der Waals surface area contributed by atoms with Crippen molar-refractivity contribution in [1.29, 1.82) is 0 Å². The number of hydrogen-bond acceptors (Lipinski definition) is 10. The van der Waals surface area contributed by atoms with E-state index in [0.717, 1.165) is 0 Å². The normalized spacial score (nSPS) is 16.3. The smallest absolute Gasteiger partial charge is 0.246 e. The Labute approximate surface area is 252 Å². The predicted molar refractivity (Wildman–Crippen MR) is 163 cm³/mol. The molecule has 2 aliphatic rings. The molecule has 2 bridgehead atoms. The molecule has 5 aromatic rings. The van der Waals surface area contributed by atoms with E-state index in [1.165, 1.54) is 12.4 Å². The molecule has 7 rings (SSSR count). The van der Waals surface area contributed by atoms with Crippen molar-refractivity contribution in [1.82, 2.24) is 34.1 Å². The number of pyridine rings is 2. The average Bonchev–Trinajstić information content (AvgIpc) is 3.44. The van der Waals surface area contributed by atoms with Gasteiger partial charge in [0, 0.05) is 74.7 Å². The van der Waals surface area contributed by atoms with Gasteiger partial charge < -0.3 is 33.9 Å². The molecule has 2 aliphatic heterocycles. The summed E-state index contributed by atoms with van der Waals surface area (Å²) in [7, 11) is 3.92. The van der Waals surface area contributed by atoms with Crippen LogP contribution in [0.4, 0.5) is 21.7 Å². The molecule has 1 saturated heterocycles. The molecule has 0 radical (unpaired) electrons. The van der Waals surface area contributed by atoms with E-state index in [9.17, 15) is 4.79 Å². The average molecular weight is 596 g/mol. The number of ether oxygens (including phenoxy) is 2. The van der Waals surface area contributed by atoms with Gasteiger partial charge in [-0.3, -0.25) is 4.79 Å². The number of carbonyl (C=O) groups excluding carboxylic acids is 1. The van der Waals surface area contributed by atoms with Gasteiger partial charge in [0.25, 0.3) is 0 Å². The summed E-state index contributed by atoms with van der Waals surface area (Å²) < 4.78 is 28.9. The van der Waals surface area contributed by atoms with Crippen LogP contribution in [0.5, 0.6) is 17.2 Å². The molecular weight excluding hydrogens is 565 g/mol. The number of fused-ring (bicyclic) bond motifs is 6. The molecule has 0 saturated carbocycles. The number of aromatic nitrogens is 5. The number of halogens is 1. The standard InChI is InChI=1S/C31H30FN9O3/c1-38(2)9-3-4-28(42)41-13-12-40-17-21(41)18-43-26-16-24-29(37-31(26)40)30(35-19-34-24)36-20-5-6-25(23(32)14-20)44-22-7-10-39-11-8-33-27(39)15-22/h3-8,10-11,14-16,19,21H,9,12-13,17-18H2,1-2H3,(H,34,35,36)/b4-3+/t21-/m0/s1. The third-order valence-electron chi connectivity index (χ3n) is 7.58. The minimum absolute atomic E-state index is 0.0238. The number of nitrogens with one attached hydrogen (secondary N) is 1. The van der Waals surface area contributed by atoms with E-state index in [1.807, 2.05) is 46.6 Å². The quantitative estimate of drug-likeness (QED) is 0.278. The molecule has 4 aromatic heterocycles. The number of carbonyl (C=O) groups is 1. The molecule has 6 heterocycles. The summed E-state index contributed by atoms with van der Waals surface area (Å²) in [6.45, 7) is 2.80. The summed E-state index contributed by atoms with van der Waals surface area (Å²) in [5, 5.41) is 3.18. The zero-order valence-electron chi connectivity index (χ0n) is 24.2. The number of anilines is 3. The molecule has 13 heteroatoms. The lowest BCUT2D eigenvalue weighted by molar-refractivity contribution is -0.129. The lowest BCUT2D eigenvalue weighted by Gasteiger charge is -2.39. The summed E-state index contributed by atoms with van der Waals surface area (Å²) in [6, 6.07) is 9.81. The van der Waals surface area contributed by atoms with E-state index >= 15 is 4.39 Å². The Morgan fingerprint density at radius 2 is 2.07 bits per heavy atom. The van der Waals surface area contributed by atoms with E-state index < -0.39 is 5.82 Å². The van der Waals surface area contributed by atoms with E-state index in [2.05, 4.69) is 25.2 Å². The van der Waals surface area contributed by atoms with Crippen LogP contribution in [0.3, 0.4) is 0 Å². The Morgan fingerprint density at radius 3 is 2.93 bits per heavy atom. The molecule has 1 amide bonds. The van der Waals surface area contributed by atoms with Crippen molar-refractivity contribution in [3.63, 3.8) is 0 Å². The molecule has 1 aromatic carbocycles. The molecule has 0 unspecified atom stereocenters. The van der Waals surface area contributed by atoms with Gasteiger partial charge in [-0.05, 0) is 32.3 Å². The van der Waals surface area contributed by atoms with Crippen LogP contribution in [0.2, 0.25) is 0 Å². The van der Waals surface area contributed by atoms with Crippen LogP contribution in [0.25, 0.3) is 16.7 Å². The highest BCUT2D eigenvalue weighted by molar-refractivity contribution is 5.90. The number of rotatable bonds is 7. The minimum atomic E-state index is -0.540. The van der Waals surface area contributed by atoms with Crippen LogP contribution in [0.15, 0.2) is 73.5 Å². The van der Waals surface area contributed by atoms with E-state index in [4.69, 9.17) is 14.5 Å². The monoisotopic (exact) mass is 595 g/mol. The first-order chi connectivity index (χ1) is 21.4. The maximum atomic E-state index is 15.1. The highest BCUT2D eigenvalue weighted by Crippen LogP contribution is 2.36. The fourth-order valence-electron chi connectivity index (χ4n) is 5.39. The third-order valence-corrected chi connectivity index (χ3v) is 7.58. The van der Waals surface area contributed by atoms with Crippen molar-refractivity contribution < 1.29 is 18.7 Å². The number of piperazine rings is 1. The van der Waals surface area contributed by atoms with Gasteiger partial charge in [-0.25, -0.2) is 24.3 Å². The van der Waals surface area contributed by atoms with E-state index in [0.29, 0.717) is 78.3 Å². The van der Waals surface area contributed by atoms with Crippen molar-refractivity contribution >= 4 is 39.9 Å². The lowest BCUT2D eigenvalue weighted by atomic mass is 10.1. The molecule has 12 nitrogen and oxygen atoms in total. The van der Waals surface area contributed by atoms with Crippen molar-refractivity contribution in [3.05, 3.63) is 79.3 Å². The maximum absolute atomic E-state index is 15.1. The van der Waals surface area contributed by atoms with Crippen LogP contribution in [-0.4, -0.2) is 93.0 Å². The van der Waals surface area contributed by atoms with Crippen LogP contribution in [0.1, 0.15) is 0 Å². The van der Waals surface area contributed by atoms with Gasteiger partial charge in [-0.1, -0.05) is 6.08 Å². The van der Waals surface area contributed by atoms with Crippen LogP contribution >= 0.6 is 0 Å². The first kappa shape index (κ1) is 27.5. The second-order valence-corrected chi connectivity index (χ2v) is 10.9. The SMILES string of the molecule is CN(C)C/C=C/C(=O)N1CCN2C[C@H]1COc1cc3ncnc(Nc4ccc(Oc5ccn6ccnc6c5)c(F)c4)c3nc12. The lowest BCUT2D eigenvalue weighted by Crippen LogP contribution is -2.56. The van der Waals surface area contributed by atoms with Gasteiger partial charge in [-0.2, -0.15) is 0 Å². The molecule has 1 atom stereocenters. The van der Waals surface area contributed by atoms with Crippen LogP contribution in [-0.2, 0) is 4.79 Å². The van der Waals surface area contributed by atoms with Gasteiger partial charge in [0.05, 0.1) is 11.6 Å². The second kappa shape index (κ2) is 11.4. The number of nitrogens with zero attached hydrogens (tertiary/aromatic N) is 8. The first-order valence-corrected chi connectivity index (χ1v) is 14.2. The minimum Gasteiger partial charge on any atom is -0.487 e. The van der Waals surface area contributed by atoms with Crippen molar-refractivity contribution in [2.24, 2.45) is 0 Å². The van der Waals surface area contributed by atoms with Gasteiger partial charge in [0.1, 0.15) is 29.8 Å². The topological polar surface area (TPSA) is 113 Å². The van der Waals surface area contributed by atoms with Gasteiger partial charge >= 0.3 is 0 Å². The van der Waals surface area contributed by atoms with Gasteiger partial charge in [0.2, 0.25) is 5.91 Å². The number of hydrogen-bond donors (Lipinski definition) is 1. The van der Waals surface area contributed by atoms with Crippen LogP contribution in [0, 0.1) is 5.82 Å². The molecule has 224 valence electrons. The zero-order valence-corrected chi connectivity index (χ0v) is 24.2. The molecule has 1 N–H and O–H groups in total. The van der Waals surface area contributed by atoms with Crippen molar-refractivity contribution in [2.75, 3.05) is 57.1 Å². The van der Waals surface area contributed by atoms with Gasteiger partial charge in [0.15, 0.2) is 29.0 Å².